The minimum absolute atomic E-state index is 0.695. The third-order valence-corrected chi connectivity index (χ3v) is 4.94. The second kappa shape index (κ2) is 8.31. The Balaban J connectivity index is 1.74. The lowest BCUT2D eigenvalue weighted by Gasteiger charge is -2.32. The summed E-state index contributed by atoms with van der Waals surface area (Å²) in [4.78, 5) is 11.5. The van der Waals surface area contributed by atoms with Crippen molar-refractivity contribution in [1.29, 1.82) is 0 Å². The van der Waals surface area contributed by atoms with Gasteiger partial charge in [-0.05, 0) is 51.6 Å². The van der Waals surface area contributed by atoms with Crippen molar-refractivity contribution >= 4 is 23.1 Å². The molecule has 0 radical (unpaired) electrons. The van der Waals surface area contributed by atoms with Gasteiger partial charge in [0.25, 0.3) is 0 Å². The van der Waals surface area contributed by atoms with Crippen molar-refractivity contribution in [2.24, 2.45) is 0 Å². The Bertz CT molecular complexity index is 722. The van der Waals surface area contributed by atoms with Gasteiger partial charge in [0.1, 0.15) is 0 Å². The van der Waals surface area contributed by atoms with E-state index in [1.165, 1.54) is 11.3 Å². The highest BCUT2D eigenvalue weighted by Gasteiger charge is 2.17. The summed E-state index contributed by atoms with van der Waals surface area (Å²) in [5, 5.41) is 11.7. The van der Waals surface area contributed by atoms with Crippen molar-refractivity contribution in [1.82, 2.24) is 20.1 Å². The zero-order valence-corrected chi connectivity index (χ0v) is 16.2. The van der Waals surface area contributed by atoms with Crippen LogP contribution in [0.5, 0.6) is 0 Å². The van der Waals surface area contributed by atoms with Crippen LogP contribution >= 0.6 is 0 Å². The first-order chi connectivity index (χ1) is 12.6. The summed E-state index contributed by atoms with van der Waals surface area (Å²) in [5.41, 5.74) is 3.48. The summed E-state index contributed by atoms with van der Waals surface area (Å²) >= 11 is 0. The molecule has 0 bridgehead atoms. The van der Waals surface area contributed by atoms with Crippen molar-refractivity contribution in [3.63, 3.8) is 0 Å². The number of aryl methyl sites for hydroxylation is 1. The average Bonchev–Trinajstić information content (AvgIpc) is 2.66. The van der Waals surface area contributed by atoms with Crippen LogP contribution in [0.3, 0.4) is 0 Å². The monoisotopic (exact) mass is 355 g/mol. The number of nitrogens with zero attached hydrogens (tertiary/aromatic N) is 6. The first kappa shape index (κ1) is 18.4. The van der Waals surface area contributed by atoms with Crippen LogP contribution in [0.25, 0.3) is 0 Å². The molecule has 1 saturated heterocycles. The van der Waals surface area contributed by atoms with E-state index in [1.807, 2.05) is 0 Å². The molecule has 0 atom stereocenters. The molecule has 7 nitrogen and oxygen atoms in total. The van der Waals surface area contributed by atoms with Crippen LogP contribution in [0.1, 0.15) is 19.4 Å². The fourth-order valence-corrected chi connectivity index (χ4v) is 3.21. The van der Waals surface area contributed by atoms with E-state index < -0.39 is 0 Å². The summed E-state index contributed by atoms with van der Waals surface area (Å²) < 4.78 is 0. The zero-order valence-electron chi connectivity index (χ0n) is 16.2. The predicted molar refractivity (Wildman–Crippen MR) is 108 cm³/mol. The highest BCUT2D eigenvalue weighted by molar-refractivity contribution is 5.65. The van der Waals surface area contributed by atoms with E-state index in [1.54, 1.807) is 6.20 Å². The molecule has 26 heavy (non-hydrogen) atoms. The molecule has 0 amide bonds. The predicted octanol–water partition coefficient (Wildman–Crippen LogP) is 2.52. The van der Waals surface area contributed by atoms with Gasteiger partial charge in [-0.2, -0.15) is 10.1 Å². The molecule has 1 aromatic heterocycles. The van der Waals surface area contributed by atoms with Gasteiger partial charge in [-0.3, -0.25) is 0 Å². The molecule has 1 aliphatic rings. The lowest BCUT2D eigenvalue weighted by Crippen LogP contribution is -2.45. The van der Waals surface area contributed by atoms with Crippen molar-refractivity contribution in [2.45, 2.75) is 20.8 Å². The maximum absolute atomic E-state index is 4.66. The summed E-state index contributed by atoms with van der Waals surface area (Å²) in [7, 11) is 2.14. The maximum Gasteiger partial charge on any atom is 0.247 e. The van der Waals surface area contributed by atoms with Crippen molar-refractivity contribution in [3.05, 3.63) is 30.0 Å². The lowest BCUT2D eigenvalue weighted by molar-refractivity contribution is 0.311. The van der Waals surface area contributed by atoms with E-state index in [0.717, 1.165) is 50.8 Å². The standard InChI is InChI=1S/C19H29N7/c1-5-25(6-2)16-7-8-17(15(3)13-16)21-18-14-20-23-19(22-18)26-11-9-24(4)10-12-26/h7-8,13-14H,5-6,9-12H2,1-4H3,(H,21,22,23). The highest BCUT2D eigenvalue weighted by atomic mass is 15.4. The SMILES string of the molecule is CCN(CC)c1ccc(Nc2cnnc(N3CCN(C)CC3)n2)c(C)c1. The second-order valence-corrected chi connectivity index (χ2v) is 6.73. The fourth-order valence-electron chi connectivity index (χ4n) is 3.21. The molecular formula is C19H29N7. The zero-order chi connectivity index (χ0) is 18.5. The number of nitrogens with one attached hydrogen (secondary N) is 1. The Morgan fingerprint density at radius 3 is 2.50 bits per heavy atom. The molecule has 2 aromatic rings. The molecule has 7 heteroatoms. The lowest BCUT2D eigenvalue weighted by atomic mass is 10.1. The van der Waals surface area contributed by atoms with Gasteiger partial charge in [-0.15, -0.1) is 5.10 Å². The molecule has 1 N–H and O–H groups in total. The molecule has 0 unspecified atom stereocenters. The molecule has 0 saturated carbocycles. The molecule has 3 rings (SSSR count). The van der Waals surface area contributed by atoms with Gasteiger partial charge in [-0.25, -0.2) is 0 Å². The molecule has 1 aliphatic heterocycles. The average molecular weight is 355 g/mol. The molecular weight excluding hydrogens is 326 g/mol. The van der Waals surface area contributed by atoms with Crippen LogP contribution in [-0.2, 0) is 0 Å². The van der Waals surface area contributed by atoms with Crippen LogP contribution in [0, 0.1) is 6.92 Å². The number of rotatable bonds is 6. The Hall–Kier alpha value is -2.41. The molecule has 140 valence electrons. The smallest absolute Gasteiger partial charge is 0.247 e. The molecule has 1 aromatic carbocycles. The first-order valence-electron chi connectivity index (χ1n) is 9.36. The summed E-state index contributed by atoms with van der Waals surface area (Å²) in [5.74, 6) is 1.42. The quantitative estimate of drug-likeness (QED) is 0.854. The van der Waals surface area contributed by atoms with Crippen LogP contribution in [-0.4, -0.2) is 66.4 Å². The Kier molecular flexibility index (Phi) is 5.88. The van der Waals surface area contributed by atoms with Crippen LogP contribution < -0.4 is 15.1 Å². The van der Waals surface area contributed by atoms with Crippen molar-refractivity contribution in [2.75, 3.05) is 61.4 Å². The largest absolute Gasteiger partial charge is 0.372 e. The van der Waals surface area contributed by atoms with E-state index in [9.17, 15) is 0 Å². The Morgan fingerprint density at radius 1 is 1.12 bits per heavy atom. The number of hydrogen-bond acceptors (Lipinski definition) is 7. The Labute approximate surface area is 156 Å². The third-order valence-electron chi connectivity index (χ3n) is 4.94. The van der Waals surface area contributed by atoms with Crippen LogP contribution in [0.2, 0.25) is 0 Å². The minimum Gasteiger partial charge on any atom is -0.372 e. The molecule has 1 fully saturated rings. The van der Waals surface area contributed by atoms with E-state index in [4.69, 9.17) is 0 Å². The molecule has 2 heterocycles. The highest BCUT2D eigenvalue weighted by Crippen LogP contribution is 2.25. The topological polar surface area (TPSA) is 60.4 Å². The number of anilines is 4. The van der Waals surface area contributed by atoms with Crippen LogP contribution in [0.4, 0.5) is 23.1 Å². The van der Waals surface area contributed by atoms with Gasteiger partial charge >= 0.3 is 0 Å². The second-order valence-electron chi connectivity index (χ2n) is 6.73. The summed E-state index contributed by atoms with van der Waals surface area (Å²) in [6.45, 7) is 12.4. The number of hydrogen-bond donors (Lipinski definition) is 1. The number of benzene rings is 1. The molecule has 0 spiro atoms. The maximum atomic E-state index is 4.66. The van der Waals surface area contributed by atoms with E-state index in [2.05, 4.69) is 81.2 Å². The summed E-state index contributed by atoms with van der Waals surface area (Å²) in [6.07, 6.45) is 1.68. The van der Waals surface area contributed by atoms with Gasteiger partial charge in [0, 0.05) is 50.6 Å². The number of aromatic nitrogens is 3. The fraction of sp³-hybridized carbons (Fsp3) is 0.526. The minimum atomic E-state index is 0.695. The van der Waals surface area contributed by atoms with Crippen molar-refractivity contribution < 1.29 is 0 Å². The van der Waals surface area contributed by atoms with Crippen molar-refractivity contribution in [3.8, 4) is 0 Å². The Morgan fingerprint density at radius 2 is 1.85 bits per heavy atom. The van der Waals surface area contributed by atoms with Gasteiger partial charge in [0.2, 0.25) is 5.95 Å². The van der Waals surface area contributed by atoms with E-state index in [-0.39, 0.29) is 0 Å². The number of piperazine rings is 1. The first-order valence-corrected chi connectivity index (χ1v) is 9.36. The van der Waals surface area contributed by atoms with Gasteiger partial charge in [0.05, 0.1) is 6.20 Å². The van der Waals surface area contributed by atoms with E-state index >= 15 is 0 Å². The van der Waals surface area contributed by atoms with Gasteiger partial charge in [0.15, 0.2) is 5.82 Å². The normalized spacial score (nSPS) is 15.2. The van der Waals surface area contributed by atoms with Gasteiger partial charge < -0.3 is 20.0 Å². The number of likely N-dealkylation sites (N-methyl/N-ethyl adjacent to an activating group) is 1. The van der Waals surface area contributed by atoms with E-state index in [0.29, 0.717) is 5.95 Å². The third kappa shape index (κ3) is 4.22. The van der Waals surface area contributed by atoms with Crippen LogP contribution in [0.15, 0.2) is 24.4 Å². The van der Waals surface area contributed by atoms with Gasteiger partial charge in [-0.1, -0.05) is 0 Å². The molecule has 0 aliphatic carbocycles. The summed E-state index contributed by atoms with van der Waals surface area (Å²) in [6, 6.07) is 6.48.